The molecule has 0 fully saturated rings. The molecule has 0 saturated heterocycles. The topological polar surface area (TPSA) is 56.8 Å². The van der Waals surface area contributed by atoms with Crippen molar-refractivity contribution < 1.29 is 19.0 Å². The quantitative estimate of drug-likeness (QED) is 0.786. The molecule has 1 N–H and O–H groups in total. The molecule has 0 saturated carbocycles. The van der Waals surface area contributed by atoms with E-state index in [0.29, 0.717) is 22.9 Å². The highest BCUT2D eigenvalue weighted by Crippen LogP contribution is 2.39. The Balaban J connectivity index is 3.13. The predicted octanol–water partition coefficient (Wildman–Crippen LogP) is 1.58. The number of anilines is 1. The van der Waals surface area contributed by atoms with Gasteiger partial charge >= 0.3 is 0 Å². The van der Waals surface area contributed by atoms with E-state index in [0.717, 1.165) is 0 Å². The first-order valence-electron chi connectivity index (χ1n) is 4.87. The van der Waals surface area contributed by atoms with Gasteiger partial charge in [-0.3, -0.25) is 4.79 Å². The SMILES string of the molecule is COc1cc(NC(=O)CS)cc(OC)c1OC. The van der Waals surface area contributed by atoms with Crippen LogP contribution in [0, 0.1) is 0 Å². The Labute approximate surface area is 105 Å². The van der Waals surface area contributed by atoms with Crippen molar-refractivity contribution >= 4 is 24.2 Å². The van der Waals surface area contributed by atoms with Crippen LogP contribution in [0.15, 0.2) is 12.1 Å². The Kier molecular flexibility index (Phi) is 4.96. The van der Waals surface area contributed by atoms with Crippen LogP contribution in [0.3, 0.4) is 0 Å². The van der Waals surface area contributed by atoms with Crippen molar-refractivity contribution in [3.05, 3.63) is 12.1 Å². The van der Waals surface area contributed by atoms with Gasteiger partial charge in [-0.25, -0.2) is 0 Å². The van der Waals surface area contributed by atoms with Crippen molar-refractivity contribution in [3.63, 3.8) is 0 Å². The van der Waals surface area contributed by atoms with Crippen molar-refractivity contribution in [2.45, 2.75) is 0 Å². The summed E-state index contributed by atoms with van der Waals surface area (Å²) in [4.78, 5) is 11.2. The molecule has 0 atom stereocenters. The maximum Gasteiger partial charge on any atom is 0.234 e. The summed E-state index contributed by atoms with van der Waals surface area (Å²) in [7, 11) is 4.55. The molecule has 1 amide bonds. The van der Waals surface area contributed by atoms with Crippen molar-refractivity contribution in [2.75, 3.05) is 32.4 Å². The first kappa shape index (κ1) is 13.5. The molecular weight excluding hydrogens is 242 g/mol. The number of carbonyl (C=O) groups excluding carboxylic acids is 1. The lowest BCUT2D eigenvalue weighted by Crippen LogP contribution is -2.12. The molecule has 0 aromatic heterocycles. The Bertz CT molecular complexity index is 383. The summed E-state index contributed by atoms with van der Waals surface area (Å²) in [5, 5.41) is 2.66. The molecule has 0 bridgehead atoms. The van der Waals surface area contributed by atoms with Crippen LogP contribution >= 0.6 is 12.6 Å². The fourth-order valence-electron chi connectivity index (χ4n) is 1.35. The van der Waals surface area contributed by atoms with E-state index in [1.54, 1.807) is 12.1 Å². The van der Waals surface area contributed by atoms with E-state index < -0.39 is 0 Å². The normalized spacial score (nSPS) is 9.65. The van der Waals surface area contributed by atoms with E-state index in [9.17, 15) is 4.79 Å². The molecule has 0 unspecified atom stereocenters. The number of ether oxygens (including phenoxy) is 3. The number of nitrogens with one attached hydrogen (secondary N) is 1. The maximum atomic E-state index is 11.2. The van der Waals surface area contributed by atoms with Gasteiger partial charge in [-0.2, -0.15) is 12.6 Å². The van der Waals surface area contributed by atoms with Crippen molar-refractivity contribution in [1.82, 2.24) is 0 Å². The summed E-state index contributed by atoms with van der Waals surface area (Å²) >= 11 is 3.88. The highest BCUT2D eigenvalue weighted by atomic mass is 32.1. The minimum Gasteiger partial charge on any atom is -0.493 e. The zero-order valence-corrected chi connectivity index (χ0v) is 10.8. The van der Waals surface area contributed by atoms with Gasteiger partial charge in [0, 0.05) is 17.8 Å². The van der Waals surface area contributed by atoms with Crippen molar-refractivity contribution in [3.8, 4) is 17.2 Å². The van der Waals surface area contributed by atoms with Gasteiger partial charge in [-0.1, -0.05) is 0 Å². The van der Waals surface area contributed by atoms with E-state index in [1.807, 2.05) is 0 Å². The van der Waals surface area contributed by atoms with E-state index in [2.05, 4.69) is 17.9 Å². The maximum absolute atomic E-state index is 11.2. The monoisotopic (exact) mass is 257 g/mol. The van der Waals surface area contributed by atoms with E-state index in [-0.39, 0.29) is 11.7 Å². The molecule has 94 valence electrons. The molecule has 1 aromatic rings. The Hall–Kier alpha value is -1.56. The summed E-state index contributed by atoms with van der Waals surface area (Å²) < 4.78 is 15.5. The molecule has 5 nitrogen and oxygen atoms in total. The van der Waals surface area contributed by atoms with Crippen LogP contribution in [0.4, 0.5) is 5.69 Å². The number of hydrogen-bond donors (Lipinski definition) is 2. The molecular formula is C11H15NO4S. The average molecular weight is 257 g/mol. The third-order valence-electron chi connectivity index (χ3n) is 2.09. The number of thiol groups is 1. The minimum atomic E-state index is -0.206. The second-order valence-electron chi connectivity index (χ2n) is 3.12. The van der Waals surface area contributed by atoms with Gasteiger partial charge in [0.15, 0.2) is 11.5 Å². The lowest BCUT2D eigenvalue weighted by atomic mass is 10.2. The van der Waals surface area contributed by atoms with Crippen LogP contribution in [-0.2, 0) is 4.79 Å². The number of hydrogen-bond acceptors (Lipinski definition) is 5. The first-order valence-corrected chi connectivity index (χ1v) is 5.50. The second kappa shape index (κ2) is 6.24. The number of amides is 1. The summed E-state index contributed by atoms with van der Waals surface area (Å²) in [6, 6.07) is 3.31. The van der Waals surface area contributed by atoms with Gasteiger partial charge in [0.25, 0.3) is 0 Å². The lowest BCUT2D eigenvalue weighted by Gasteiger charge is -2.14. The molecule has 6 heteroatoms. The highest BCUT2D eigenvalue weighted by Gasteiger charge is 2.13. The molecule has 0 heterocycles. The molecule has 1 aromatic carbocycles. The zero-order valence-electron chi connectivity index (χ0n) is 9.94. The lowest BCUT2D eigenvalue weighted by molar-refractivity contribution is -0.113. The van der Waals surface area contributed by atoms with Crippen LogP contribution in [0.25, 0.3) is 0 Å². The Morgan fingerprint density at radius 2 is 1.71 bits per heavy atom. The summed E-state index contributed by atoms with van der Waals surface area (Å²) in [5.41, 5.74) is 0.568. The second-order valence-corrected chi connectivity index (χ2v) is 3.44. The summed E-state index contributed by atoms with van der Waals surface area (Å²) in [6.07, 6.45) is 0. The molecule has 1 rings (SSSR count). The number of methoxy groups -OCH3 is 3. The predicted molar refractivity (Wildman–Crippen MR) is 68.6 cm³/mol. The largest absolute Gasteiger partial charge is 0.493 e. The van der Waals surface area contributed by atoms with Gasteiger partial charge in [0.05, 0.1) is 27.1 Å². The smallest absolute Gasteiger partial charge is 0.234 e. The number of carbonyl (C=O) groups is 1. The van der Waals surface area contributed by atoms with Gasteiger partial charge in [0.2, 0.25) is 11.7 Å². The van der Waals surface area contributed by atoms with Crippen molar-refractivity contribution in [2.24, 2.45) is 0 Å². The minimum absolute atomic E-state index is 0.108. The first-order chi connectivity index (χ1) is 8.15. The third-order valence-corrected chi connectivity index (χ3v) is 2.38. The van der Waals surface area contributed by atoms with Crippen LogP contribution in [0.1, 0.15) is 0 Å². The number of rotatable bonds is 5. The Morgan fingerprint density at radius 1 is 1.18 bits per heavy atom. The van der Waals surface area contributed by atoms with Crippen molar-refractivity contribution in [1.29, 1.82) is 0 Å². The molecule has 0 spiro atoms. The highest BCUT2D eigenvalue weighted by molar-refractivity contribution is 7.81. The van der Waals surface area contributed by atoms with E-state index >= 15 is 0 Å². The van der Waals surface area contributed by atoms with E-state index in [1.165, 1.54) is 21.3 Å². The summed E-state index contributed by atoms with van der Waals surface area (Å²) in [5.74, 6) is 1.36. The fraction of sp³-hybridized carbons (Fsp3) is 0.364. The standard InChI is InChI=1S/C11H15NO4S/c1-14-8-4-7(12-10(13)6-17)5-9(15-2)11(8)16-3/h4-5,17H,6H2,1-3H3,(H,12,13). The summed E-state index contributed by atoms with van der Waals surface area (Å²) in [6.45, 7) is 0. The molecule has 0 aliphatic rings. The molecule has 17 heavy (non-hydrogen) atoms. The fourth-order valence-corrected chi connectivity index (χ4v) is 1.43. The zero-order chi connectivity index (χ0) is 12.8. The molecule has 0 aliphatic carbocycles. The van der Waals surface area contributed by atoms with Gasteiger partial charge < -0.3 is 19.5 Å². The van der Waals surface area contributed by atoms with E-state index in [4.69, 9.17) is 14.2 Å². The van der Waals surface area contributed by atoms with Crippen LogP contribution in [0.2, 0.25) is 0 Å². The van der Waals surface area contributed by atoms with Gasteiger partial charge in [-0.05, 0) is 0 Å². The van der Waals surface area contributed by atoms with Crippen LogP contribution < -0.4 is 19.5 Å². The third kappa shape index (κ3) is 3.20. The average Bonchev–Trinajstić information content (AvgIpc) is 2.37. The van der Waals surface area contributed by atoms with Crippen LogP contribution in [0.5, 0.6) is 17.2 Å². The Morgan fingerprint density at radius 3 is 2.06 bits per heavy atom. The van der Waals surface area contributed by atoms with Gasteiger partial charge in [-0.15, -0.1) is 0 Å². The van der Waals surface area contributed by atoms with Gasteiger partial charge in [0.1, 0.15) is 0 Å². The molecule has 0 radical (unpaired) electrons. The number of benzene rings is 1. The van der Waals surface area contributed by atoms with Crippen LogP contribution in [-0.4, -0.2) is 33.0 Å². The molecule has 0 aliphatic heterocycles.